The van der Waals surface area contributed by atoms with E-state index in [2.05, 4.69) is 0 Å². The molecule has 1 heterocycles. The van der Waals surface area contributed by atoms with Gasteiger partial charge in [0, 0.05) is 32.2 Å². The van der Waals surface area contributed by atoms with Gasteiger partial charge in [0.05, 0.1) is 5.92 Å². The van der Waals surface area contributed by atoms with Crippen molar-refractivity contribution >= 4 is 11.9 Å². The molecule has 2 atom stereocenters. The SMILES string of the molecule is CC(CN(C(=O)CCC1CCOC1)C1CC1)C(=O)O. The van der Waals surface area contributed by atoms with Crippen LogP contribution >= 0.6 is 0 Å². The molecule has 5 nitrogen and oxygen atoms in total. The van der Waals surface area contributed by atoms with Gasteiger partial charge < -0.3 is 14.7 Å². The Morgan fingerprint density at radius 1 is 1.37 bits per heavy atom. The van der Waals surface area contributed by atoms with Crippen molar-refractivity contribution in [3.63, 3.8) is 0 Å². The molecule has 1 N–H and O–H groups in total. The summed E-state index contributed by atoms with van der Waals surface area (Å²) >= 11 is 0. The fourth-order valence-corrected chi connectivity index (χ4v) is 2.50. The Labute approximate surface area is 113 Å². The van der Waals surface area contributed by atoms with E-state index in [0.717, 1.165) is 38.9 Å². The van der Waals surface area contributed by atoms with Gasteiger partial charge in [-0.25, -0.2) is 0 Å². The maximum Gasteiger partial charge on any atom is 0.308 e. The van der Waals surface area contributed by atoms with Gasteiger partial charge in [0.2, 0.25) is 5.91 Å². The number of hydrogen-bond acceptors (Lipinski definition) is 3. The van der Waals surface area contributed by atoms with Crippen LogP contribution in [0.4, 0.5) is 0 Å². The third kappa shape index (κ3) is 4.20. The third-order valence-electron chi connectivity index (χ3n) is 3.99. The standard InChI is InChI=1S/C14H23NO4/c1-10(14(17)18)8-15(12-3-4-12)13(16)5-2-11-6-7-19-9-11/h10-12H,2-9H2,1H3,(H,17,18). The molecule has 2 rings (SSSR count). The second-order valence-corrected chi connectivity index (χ2v) is 5.78. The van der Waals surface area contributed by atoms with Gasteiger partial charge in [-0.2, -0.15) is 0 Å². The van der Waals surface area contributed by atoms with Gasteiger partial charge in [-0.3, -0.25) is 9.59 Å². The van der Waals surface area contributed by atoms with Crippen LogP contribution < -0.4 is 0 Å². The Hall–Kier alpha value is -1.10. The van der Waals surface area contributed by atoms with Crippen LogP contribution in [0.15, 0.2) is 0 Å². The molecule has 5 heteroatoms. The lowest BCUT2D eigenvalue weighted by atomic mass is 10.0. The zero-order valence-corrected chi connectivity index (χ0v) is 11.5. The molecule has 2 fully saturated rings. The number of nitrogens with zero attached hydrogens (tertiary/aromatic N) is 1. The highest BCUT2D eigenvalue weighted by molar-refractivity contribution is 5.78. The van der Waals surface area contributed by atoms with Gasteiger partial charge in [-0.05, 0) is 31.6 Å². The second-order valence-electron chi connectivity index (χ2n) is 5.78. The van der Waals surface area contributed by atoms with E-state index in [9.17, 15) is 9.59 Å². The molecule has 1 aliphatic carbocycles. The Bertz CT molecular complexity index is 334. The van der Waals surface area contributed by atoms with Crippen LogP contribution in [0.2, 0.25) is 0 Å². The predicted octanol–water partition coefficient (Wildman–Crippen LogP) is 1.51. The molecule has 19 heavy (non-hydrogen) atoms. The van der Waals surface area contributed by atoms with Gasteiger partial charge in [0.1, 0.15) is 0 Å². The topological polar surface area (TPSA) is 66.8 Å². The predicted molar refractivity (Wildman–Crippen MR) is 69.7 cm³/mol. The molecule has 108 valence electrons. The van der Waals surface area contributed by atoms with E-state index in [4.69, 9.17) is 9.84 Å². The second kappa shape index (κ2) is 6.37. The first-order valence-corrected chi connectivity index (χ1v) is 7.18. The van der Waals surface area contributed by atoms with Crippen molar-refractivity contribution in [2.75, 3.05) is 19.8 Å². The van der Waals surface area contributed by atoms with Crippen LogP contribution in [0.5, 0.6) is 0 Å². The number of carboxylic acids is 1. The zero-order chi connectivity index (χ0) is 13.8. The molecule has 0 bridgehead atoms. The largest absolute Gasteiger partial charge is 0.481 e. The number of ether oxygens (including phenoxy) is 1. The van der Waals surface area contributed by atoms with Crippen molar-refractivity contribution in [3.05, 3.63) is 0 Å². The molecule has 0 radical (unpaired) electrons. The summed E-state index contributed by atoms with van der Waals surface area (Å²) in [6.07, 6.45) is 4.47. The Kier molecular flexibility index (Phi) is 4.80. The highest BCUT2D eigenvalue weighted by Crippen LogP contribution is 2.29. The summed E-state index contributed by atoms with van der Waals surface area (Å²) in [5.41, 5.74) is 0. The van der Waals surface area contributed by atoms with Gasteiger partial charge in [0.25, 0.3) is 0 Å². The lowest BCUT2D eigenvalue weighted by molar-refractivity contribution is -0.143. The molecule has 1 aliphatic heterocycles. The monoisotopic (exact) mass is 269 g/mol. The Morgan fingerprint density at radius 2 is 2.11 bits per heavy atom. The van der Waals surface area contributed by atoms with E-state index in [0.29, 0.717) is 18.9 Å². The van der Waals surface area contributed by atoms with Crippen LogP contribution in [-0.2, 0) is 14.3 Å². The summed E-state index contributed by atoms with van der Waals surface area (Å²) in [7, 11) is 0. The van der Waals surface area contributed by atoms with Crippen LogP contribution in [0.1, 0.15) is 39.0 Å². The van der Waals surface area contributed by atoms with E-state index >= 15 is 0 Å². The maximum absolute atomic E-state index is 12.2. The van der Waals surface area contributed by atoms with Crippen molar-refractivity contribution in [1.82, 2.24) is 4.90 Å². The van der Waals surface area contributed by atoms with E-state index in [1.807, 2.05) is 0 Å². The Morgan fingerprint density at radius 3 is 2.63 bits per heavy atom. The van der Waals surface area contributed by atoms with Crippen molar-refractivity contribution in [3.8, 4) is 0 Å². The maximum atomic E-state index is 12.2. The number of aliphatic carboxylic acids is 1. The number of hydrogen-bond donors (Lipinski definition) is 1. The number of carbonyl (C=O) groups is 2. The van der Waals surface area contributed by atoms with E-state index in [1.165, 1.54) is 0 Å². The summed E-state index contributed by atoms with van der Waals surface area (Å²) in [6.45, 7) is 3.58. The minimum atomic E-state index is -0.831. The highest BCUT2D eigenvalue weighted by Gasteiger charge is 2.34. The lowest BCUT2D eigenvalue weighted by Crippen LogP contribution is -2.38. The molecular formula is C14H23NO4. The molecule has 1 amide bonds. The number of carboxylic acid groups (broad SMARTS) is 1. The van der Waals surface area contributed by atoms with Crippen LogP contribution in [0.3, 0.4) is 0 Å². The van der Waals surface area contributed by atoms with E-state index in [-0.39, 0.29) is 11.9 Å². The summed E-state index contributed by atoms with van der Waals surface area (Å²) in [4.78, 5) is 24.9. The molecule has 2 unspecified atom stereocenters. The fraction of sp³-hybridized carbons (Fsp3) is 0.857. The molecule has 0 aromatic heterocycles. The molecular weight excluding hydrogens is 246 g/mol. The molecule has 1 saturated heterocycles. The summed E-state index contributed by atoms with van der Waals surface area (Å²) < 4.78 is 5.30. The summed E-state index contributed by atoms with van der Waals surface area (Å²) in [5.74, 6) is -0.702. The molecule has 2 aliphatic rings. The first kappa shape index (κ1) is 14.3. The van der Waals surface area contributed by atoms with Gasteiger partial charge >= 0.3 is 5.97 Å². The number of amides is 1. The van der Waals surface area contributed by atoms with Gasteiger partial charge in [-0.15, -0.1) is 0 Å². The minimum absolute atomic E-state index is 0.113. The normalized spacial score (nSPS) is 24.2. The summed E-state index contributed by atoms with van der Waals surface area (Å²) in [6, 6.07) is 0.286. The first-order chi connectivity index (χ1) is 9.08. The average Bonchev–Trinajstić information content (AvgIpc) is 3.08. The van der Waals surface area contributed by atoms with Gasteiger partial charge in [-0.1, -0.05) is 6.92 Å². The zero-order valence-electron chi connectivity index (χ0n) is 11.5. The molecule has 0 aromatic carbocycles. The van der Waals surface area contributed by atoms with Crippen LogP contribution in [0.25, 0.3) is 0 Å². The molecule has 0 aromatic rings. The molecule has 1 saturated carbocycles. The lowest BCUT2D eigenvalue weighted by Gasteiger charge is -2.25. The highest BCUT2D eigenvalue weighted by atomic mass is 16.5. The quantitative estimate of drug-likeness (QED) is 0.761. The first-order valence-electron chi connectivity index (χ1n) is 7.18. The van der Waals surface area contributed by atoms with E-state index in [1.54, 1.807) is 11.8 Å². The Balaban J connectivity index is 1.80. The summed E-state index contributed by atoms with van der Waals surface area (Å²) in [5, 5.41) is 8.96. The van der Waals surface area contributed by atoms with Crippen LogP contribution in [-0.4, -0.2) is 47.7 Å². The molecule has 0 spiro atoms. The number of carbonyl (C=O) groups excluding carboxylic acids is 1. The third-order valence-corrected chi connectivity index (χ3v) is 3.99. The van der Waals surface area contributed by atoms with E-state index < -0.39 is 11.9 Å². The number of rotatable bonds is 7. The van der Waals surface area contributed by atoms with Crippen LogP contribution in [0, 0.1) is 11.8 Å². The smallest absolute Gasteiger partial charge is 0.308 e. The van der Waals surface area contributed by atoms with Crippen molar-refractivity contribution in [2.45, 2.75) is 45.1 Å². The fourth-order valence-electron chi connectivity index (χ4n) is 2.50. The van der Waals surface area contributed by atoms with Gasteiger partial charge in [0.15, 0.2) is 0 Å². The van der Waals surface area contributed by atoms with Crippen molar-refractivity contribution in [2.24, 2.45) is 11.8 Å². The minimum Gasteiger partial charge on any atom is -0.481 e. The average molecular weight is 269 g/mol. The van der Waals surface area contributed by atoms with Crippen molar-refractivity contribution < 1.29 is 19.4 Å². The van der Waals surface area contributed by atoms with Crippen molar-refractivity contribution in [1.29, 1.82) is 0 Å².